The second-order valence-electron chi connectivity index (χ2n) is 5.21. The molecule has 1 saturated carbocycles. The summed E-state index contributed by atoms with van der Waals surface area (Å²) in [6, 6.07) is 2.69. The number of hydrogen-bond acceptors (Lipinski definition) is 3. The van der Waals surface area contributed by atoms with Crippen LogP contribution in [0.1, 0.15) is 37.9 Å². The molecule has 0 radical (unpaired) electrons. The second kappa shape index (κ2) is 4.40. The third kappa shape index (κ3) is 2.28. The first-order valence-corrected chi connectivity index (χ1v) is 6.25. The van der Waals surface area contributed by atoms with Crippen molar-refractivity contribution in [1.29, 1.82) is 5.26 Å². The fourth-order valence-corrected chi connectivity index (χ4v) is 2.23. The molecule has 2 rings (SSSR count). The summed E-state index contributed by atoms with van der Waals surface area (Å²) >= 11 is 0. The smallest absolute Gasteiger partial charge is 0.145 e. The van der Waals surface area contributed by atoms with Crippen molar-refractivity contribution >= 4 is 5.82 Å². The van der Waals surface area contributed by atoms with E-state index in [1.54, 1.807) is 0 Å². The number of nitrogens with zero attached hydrogens (tertiary/aromatic N) is 4. The molecular weight excluding hydrogens is 212 g/mol. The van der Waals surface area contributed by atoms with Crippen LogP contribution in [0, 0.1) is 24.2 Å². The molecule has 92 valence electrons. The number of rotatable bonds is 4. The normalized spacial score (nSPS) is 15.1. The van der Waals surface area contributed by atoms with Crippen LogP contribution < -0.4 is 4.90 Å². The number of nitriles is 1. The lowest BCUT2D eigenvalue weighted by Crippen LogP contribution is -2.34. The van der Waals surface area contributed by atoms with Crippen LogP contribution in [0.2, 0.25) is 0 Å². The molecule has 0 aromatic carbocycles. The summed E-state index contributed by atoms with van der Waals surface area (Å²) < 4.78 is 1.84. The van der Waals surface area contributed by atoms with E-state index >= 15 is 0 Å². The van der Waals surface area contributed by atoms with Crippen LogP contribution >= 0.6 is 0 Å². The summed E-state index contributed by atoms with van der Waals surface area (Å²) in [6.07, 6.45) is 2.64. The van der Waals surface area contributed by atoms with E-state index in [1.807, 2.05) is 18.7 Å². The van der Waals surface area contributed by atoms with E-state index in [9.17, 15) is 5.26 Å². The van der Waals surface area contributed by atoms with Crippen molar-refractivity contribution in [3.05, 3.63) is 11.3 Å². The molecule has 0 bridgehead atoms. The summed E-state index contributed by atoms with van der Waals surface area (Å²) in [6.45, 7) is 7.29. The summed E-state index contributed by atoms with van der Waals surface area (Å²) in [5.74, 6) is 1.78. The Morgan fingerprint density at radius 1 is 1.53 bits per heavy atom. The van der Waals surface area contributed by atoms with Gasteiger partial charge in [0, 0.05) is 19.6 Å². The van der Waals surface area contributed by atoms with Gasteiger partial charge in [0.1, 0.15) is 17.5 Å². The van der Waals surface area contributed by atoms with E-state index in [1.165, 1.54) is 12.8 Å². The lowest BCUT2D eigenvalue weighted by atomic mass is 10.2. The van der Waals surface area contributed by atoms with Gasteiger partial charge in [-0.15, -0.1) is 0 Å². The Hall–Kier alpha value is -1.50. The summed E-state index contributed by atoms with van der Waals surface area (Å²) in [7, 11) is 1.92. The van der Waals surface area contributed by atoms with Crippen LogP contribution in [0.4, 0.5) is 5.82 Å². The first-order chi connectivity index (χ1) is 8.04. The molecule has 0 atom stereocenters. The third-order valence-corrected chi connectivity index (χ3v) is 3.35. The first-order valence-electron chi connectivity index (χ1n) is 6.25. The third-order valence-electron chi connectivity index (χ3n) is 3.35. The van der Waals surface area contributed by atoms with Gasteiger partial charge in [-0.25, -0.2) is 0 Å². The van der Waals surface area contributed by atoms with E-state index < -0.39 is 0 Å². The molecule has 0 spiro atoms. The van der Waals surface area contributed by atoms with Gasteiger partial charge in [0.25, 0.3) is 0 Å². The van der Waals surface area contributed by atoms with E-state index in [0.717, 1.165) is 29.5 Å². The maximum atomic E-state index is 9.26. The number of aromatic nitrogens is 2. The van der Waals surface area contributed by atoms with Crippen molar-refractivity contribution in [3.63, 3.8) is 0 Å². The Morgan fingerprint density at radius 2 is 2.18 bits per heavy atom. The molecule has 0 amide bonds. The standard InChI is InChI=1S/C13H20N4/c1-9(2)17(8-11-5-6-11)13-12(7-14)10(3)15-16(13)4/h9,11H,5-6,8H2,1-4H3. The fourth-order valence-electron chi connectivity index (χ4n) is 2.23. The molecule has 17 heavy (non-hydrogen) atoms. The predicted octanol–water partition coefficient (Wildman–Crippen LogP) is 2.22. The molecule has 1 fully saturated rings. The Bertz CT molecular complexity index is 449. The SMILES string of the molecule is Cc1nn(C)c(N(CC2CC2)C(C)C)c1C#N. The van der Waals surface area contributed by atoms with Crippen LogP contribution in [-0.2, 0) is 7.05 Å². The molecule has 1 aliphatic rings. The van der Waals surface area contributed by atoms with Gasteiger partial charge in [-0.2, -0.15) is 10.4 Å². The Labute approximate surface area is 103 Å². The predicted molar refractivity (Wildman–Crippen MR) is 67.9 cm³/mol. The summed E-state index contributed by atoms with van der Waals surface area (Å²) in [5.41, 5.74) is 1.55. The Kier molecular flexibility index (Phi) is 3.10. The number of aryl methyl sites for hydroxylation is 2. The molecule has 0 saturated heterocycles. The highest BCUT2D eigenvalue weighted by atomic mass is 15.4. The lowest BCUT2D eigenvalue weighted by Gasteiger charge is -2.29. The molecule has 4 nitrogen and oxygen atoms in total. The van der Waals surface area contributed by atoms with E-state index in [2.05, 4.69) is 29.9 Å². The summed E-state index contributed by atoms with van der Waals surface area (Å²) in [5, 5.41) is 13.6. The fraction of sp³-hybridized carbons (Fsp3) is 0.692. The Morgan fingerprint density at radius 3 is 2.65 bits per heavy atom. The topological polar surface area (TPSA) is 44.9 Å². The maximum absolute atomic E-state index is 9.26. The molecule has 1 heterocycles. The maximum Gasteiger partial charge on any atom is 0.145 e. The molecule has 0 unspecified atom stereocenters. The van der Waals surface area contributed by atoms with Gasteiger partial charge in [0.2, 0.25) is 0 Å². The number of hydrogen-bond donors (Lipinski definition) is 0. The minimum absolute atomic E-state index is 0.400. The van der Waals surface area contributed by atoms with E-state index in [4.69, 9.17) is 0 Å². The van der Waals surface area contributed by atoms with Gasteiger partial charge in [0.15, 0.2) is 0 Å². The van der Waals surface area contributed by atoms with Crippen molar-refractivity contribution in [1.82, 2.24) is 9.78 Å². The lowest BCUT2D eigenvalue weighted by molar-refractivity contribution is 0.609. The molecule has 1 aromatic heterocycles. The zero-order valence-electron chi connectivity index (χ0n) is 11.1. The highest BCUT2D eigenvalue weighted by Crippen LogP contribution is 2.33. The summed E-state index contributed by atoms with van der Waals surface area (Å²) in [4.78, 5) is 2.32. The minimum atomic E-state index is 0.400. The van der Waals surface area contributed by atoms with Crippen molar-refractivity contribution < 1.29 is 0 Å². The van der Waals surface area contributed by atoms with Gasteiger partial charge < -0.3 is 4.90 Å². The average molecular weight is 232 g/mol. The molecule has 1 aromatic rings. The van der Waals surface area contributed by atoms with Crippen LogP contribution in [0.3, 0.4) is 0 Å². The van der Waals surface area contributed by atoms with Crippen molar-refractivity contribution in [2.75, 3.05) is 11.4 Å². The highest BCUT2D eigenvalue weighted by Gasteiger charge is 2.29. The van der Waals surface area contributed by atoms with Crippen molar-refractivity contribution in [3.8, 4) is 6.07 Å². The molecule has 0 aliphatic heterocycles. The van der Waals surface area contributed by atoms with Gasteiger partial charge in [-0.1, -0.05) is 0 Å². The van der Waals surface area contributed by atoms with Crippen molar-refractivity contribution in [2.45, 2.75) is 39.7 Å². The quantitative estimate of drug-likeness (QED) is 0.799. The molecule has 1 aliphatic carbocycles. The van der Waals surface area contributed by atoms with Crippen LogP contribution in [0.15, 0.2) is 0 Å². The average Bonchev–Trinajstić information content (AvgIpc) is 3.01. The van der Waals surface area contributed by atoms with Gasteiger partial charge in [-0.3, -0.25) is 4.68 Å². The van der Waals surface area contributed by atoms with Gasteiger partial charge in [-0.05, 0) is 39.5 Å². The first kappa shape index (κ1) is 12.0. The second-order valence-corrected chi connectivity index (χ2v) is 5.21. The van der Waals surface area contributed by atoms with Gasteiger partial charge in [0.05, 0.1) is 5.69 Å². The Balaban J connectivity index is 2.37. The largest absolute Gasteiger partial charge is 0.353 e. The van der Waals surface area contributed by atoms with Crippen LogP contribution in [0.5, 0.6) is 0 Å². The molecular formula is C13H20N4. The van der Waals surface area contributed by atoms with E-state index in [0.29, 0.717) is 6.04 Å². The van der Waals surface area contributed by atoms with Gasteiger partial charge >= 0.3 is 0 Å². The highest BCUT2D eigenvalue weighted by molar-refractivity contribution is 5.57. The molecule has 0 N–H and O–H groups in total. The zero-order chi connectivity index (χ0) is 12.6. The van der Waals surface area contributed by atoms with E-state index in [-0.39, 0.29) is 0 Å². The molecule has 4 heteroatoms. The number of anilines is 1. The van der Waals surface area contributed by atoms with Crippen LogP contribution in [0.25, 0.3) is 0 Å². The van der Waals surface area contributed by atoms with Crippen LogP contribution in [-0.4, -0.2) is 22.4 Å². The van der Waals surface area contributed by atoms with Crippen molar-refractivity contribution in [2.24, 2.45) is 13.0 Å². The minimum Gasteiger partial charge on any atom is -0.353 e. The zero-order valence-corrected chi connectivity index (χ0v) is 11.1. The monoisotopic (exact) mass is 232 g/mol.